The fourth-order valence-electron chi connectivity index (χ4n) is 4.36. The molecule has 2 amide bonds. The fraction of sp³-hybridized carbons (Fsp3) is 0.375. The lowest BCUT2D eigenvalue weighted by Gasteiger charge is -2.16. The Kier molecular flexibility index (Phi) is 7.06. The lowest BCUT2D eigenvalue weighted by atomic mass is 9.98. The van der Waals surface area contributed by atoms with E-state index in [1.54, 1.807) is 0 Å². The number of thioether (sulfide) groups is 1. The summed E-state index contributed by atoms with van der Waals surface area (Å²) >= 11 is 1.17. The van der Waals surface area contributed by atoms with Crippen molar-refractivity contribution in [1.82, 2.24) is 10.2 Å². The molecule has 7 nitrogen and oxygen atoms in total. The molecule has 2 aliphatic rings. The number of carboxylic acids is 1. The molecule has 0 bridgehead atoms. The maximum absolute atomic E-state index is 13.7. The number of ether oxygens (including phenoxy) is 1. The van der Waals surface area contributed by atoms with Crippen LogP contribution in [0.3, 0.4) is 0 Å². The summed E-state index contributed by atoms with van der Waals surface area (Å²) in [4.78, 5) is 36.1. The lowest BCUT2D eigenvalue weighted by Crippen LogP contribution is -2.33. The Balaban J connectivity index is 1.18. The third-order valence-corrected chi connectivity index (χ3v) is 6.99. The van der Waals surface area contributed by atoms with Crippen LogP contribution < -0.4 is 5.32 Å². The molecule has 1 fully saturated rings. The maximum atomic E-state index is 13.7. The van der Waals surface area contributed by atoms with Gasteiger partial charge in [0.25, 0.3) is 5.92 Å². The van der Waals surface area contributed by atoms with E-state index in [9.17, 15) is 23.2 Å². The highest BCUT2D eigenvalue weighted by atomic mass is 32.2. The second kappa shape index (κ2) is 10.0. The van der Waals surface area contributed by atoms with Crippen LogP contribution in [-0.2, 0) is 14.3 Å². The van der Waals surface area contributed by atoms with Crippen LogP contribution in [0.25, 0.3) is 11.1 Å². The van der Waals surface area contributed by atoms with Gasteiger partial charge in [-0.1, -0.05) is 48.5 Å². The van der Waals surface area contributed by atoms with Crippen molar-refractivity contribution < 1.29 is 33.0 Å². The van der Waals surface area contributed by atoms with E-state index in [0.717, 1.165) is 27.2 Å². The number of hydrogen-bond acceptors (Lipinski definition) is 5. The van der Waals surface area contributed by atoms with Crippen LogP contribution in [-0.4, -0.2) is 71.6 Å². The van der Waals surface area contributed by atoms with E-state index in [-0.39, 0.29) is 24.8 Å². The summed E-state index contributed by atoms with van der Waals surface area (Å²) in [5.41, 5.74) is 4.50. The average Bonchev–Trinajstić information content (AvgIpc) is 3.31. The number of likely N-dealkylation sites (tertiary alicyclic amines) is 1. The van der Waals surface area contributed by atoms with Crippen LogP contribution in [0.2, 0.25) is 0 Å². The number of aliphatic carboxylic acids is 1. The monoisotopic (exact) mass is 490 g/mol. The summed E-state index contributed by atoms with van der Waals surface area (Å²) in [6, 6.07) is 16.0. The summed E-state index contributed by atoms with van der Waals surface area (Å²) in [6.07, 6.45) is -0.572. The third-order valence-electron chi connectivity index (χ3n) is 6.05. The molecule has 1 aliphatic heterocycles. The number of rotatable bonds is 8. The number of carbonyl (C=O) groups excluding carboxylic acids is 2. The van der Waals surface area contributed by atoms with E-state index in [4.69, 9.17) is 9.84 Å². The third kappa shape index (κ3) is 5.01. The number of halogens is 2. The zero-order valence-electron chi connectivity index (χ0n) is 18.2. The molecule has 1 atom stereocenters. The van der Waals surface area contributed by atoms with Crippen LogP contribution in [0, 0.1) is 5.92 Å². The van der Waals surface area contributed by atoms with Crippen molar-refractivity contribution in [3.63, 3.8) is 0 Å². The van der Waals surface area contributed by atoms with Crippen LogP contribution in [0.15, 0.2) is 48.5 Å². The first-order valence-electron chi connectivity index (χ1n) is 10.8. The van der Waals surface area contributed by atoms with Gasteiger partial charge in [0, 0.05) is 24.8 Å². The van der Waals surface area contributed by atoms with Crippen molar-refractivity contribution in [2.24, 2.45) is 5.92 Å². The highest BCUT2D eigenvalue weighted by Crippen LogP contribution is 2.44. The first-order chi connectivity index (χ1) is 16.3. The molecule has 4 rings (SSSR count). The Morgan fingerprint density at radius 1 is 1.09 bits per heavy atom. The Morgan fingerprint density at radius 2 is 1.71 bits per heavy atom. The molecule has 34 heavy (non-hydrogen) atoms. The molecule has 0 aromatic heterocycles. The minimum absolute atomic E-state index is 0.0432. The zero-order chi connectivity index (χ0) is 24.3. The van der Waals surface area contributed by atoms with Gasteiger partial charge in [-0.2, -0.15) is 11.8 Å². The number of fused-ring (bicyclic) bond motifs is 3. The first-order valence-corrected chi connectivity index (χ1v) is 12.0. The number of carbonyl (C=O) groups is 3. The van der Waals surface area contributed by atoms with E-state index in [1.807, 2.05) is 36.4 Å². The molecule has 1 heterocycles. The van der Waals surface area contributed by atoms with Crippen molar-refractivity contribution in [1.29, 1.82) is 0 Å². The molecule has 0 radical (unpaired) electrons. The molecule has 180 valence electrons. The summed E-state index contributed by atoms with van der Waals surface area (Å²) in [5, 5.41) is 11.5. The van der Waals surface area contributed by atoms with E-state index in [2.05, 4.69) is 17.4 Å². The van der Waals surface area contributed by atoms with E-state index in [1.165, 1.54) is 11.8 Å². The molecule has 10 heteroatoms. The number of hydrogen-bond donors (Lipinski definition) is 2. The normalized spacial score (nSPS) is 18.3. The number of nitrogens with one attached hydrogen (secondary N) is 1. The number of nitrogens with zero attached hydrogens (tertiary/aromatic N) is 1. The van der Waals surface area contributed by atoms with Gasteiger partial charge in [-0.05, 0) is 22.3 Å². The fourth-order valence-corrected chi connectivity index (χ4v) is 5.11. The SMILES string of the molecule is O=C(NCCSCC(=O)N1CC(C(=O)O)C(F)(F)C1)OCC1c2ccccc2-c2ccccc21. The maximum Gasteiger partial charge on any atom is 0.407 e. The van der Waals surface area contributed by atoms with Gasteiger partial charge in [-0.25, -0.2) is 13.6 Å². The van der Waals surface area contributed by atoms with Crippen molar-refractivity contribution >= 4 is 29.7 Å². The van der Waals surface area contributed by atoms with Crippen molar-refractivity contribution in [2.75, 3.05) is 37.7 Å². The number of alkyl carbamates (subject to hydrolysis) is 1. The molecular formula is C24H24F2N2O5S. The van der Waals surface area contributed by atoms with Gasteiger partial charge in [0.15, 0.2) is 0 Å². The summed E-state index contributed by atoms with van der Waals surface area (Å²) in [5.74, 6) is -7.21. The van der Waals surface area contributed by atoms with Crippen molar-refractivity contribution in [3.8, 4) is 11.1 Å². The Hall–Kier alpha value is -3.14. The zero-order valence-corrected chi connectivity index (χ0v) is 19.0. The largest absolute Gasteiger partial charge is 0.481 e. The van der Waals surface area contributed by atoms with Gasteiger partial charge in [0.05, 0.1) is 12.3 Å². The number of amides is 2. The second-order valence-electron chi connectivity index (χ2n) is 8.23. The minimum Gasteiger partial charge on any atom is -0.481 e. The Labute approximate surface area is 199 Å². The summed E-state index contributed by atoms with van der Waals surface area (Å²) < 4.78 is 32.8. The molecule has 1 unspecified atom stereocenters. The molecule has 0 spiro atoms. The summed E-state index contributed by atoms with van der Waals surface area (Å²) in [7, 11) is 0. The van der Waals surface area contributed by atoms with Crippen LogP contribution in [0.4, 0.5) is 13.6 Å². The molecule has 2 N–H and O–H groups in total. The average molecular weight is 491 g/mol. The standard InChI is InChI=1S/C24H24F2N2O5S/c25-24(26)14-28(11-20(24)22(30)31)21(29)13-34-10-9-27-23(32)33-12-19-17-7-3-1-5-15(17)16-6-2-4-8-18(16)19/h1-8,19-20H,9-14H2,(H,27,32)(H,30,31). The van der Waals surface area contributed by atoms with Crippen LogP contribution in [0.1, 0.15) is 17.0 Å². The number of benzene rings is 2. The topological polar surface area (TPSA) is 95.9 Å². The quantitative estimate of drug-likeness (QED) is 0.551. The molecular weight excluding hydrogens is 466 g/mol. The molecule has 0 saturated carbocycles. The van der Waals surface area contributed by atoms with Crippen molar-refractivity contribution in [2.45, 2.75) is 11.8 Å². The van der Waals surface area contributed by atoms with E-state index >= 15 is 0 Å². The number of carboxylic acid groups (broad SMARTS) is 1. The van der Waals surface area contributed by atoms with E-state index < -0.39 is 42.9 Å². The Bertz CT molecular complexity index is 1050. The summed E-state index contributed by atoms with van der Waals surface area (Å²) in [6.45, 7) is -0.955. The molecule has 1 aliphatic carbocycles. The Morgan fingerprint density at radius 3 is 2.29 bits per heavy atom. The molecule has 1 saturated heterocycles. The van der Waals surface area contributed by atoms with Gasteiger partial charge in [-0.3, -0.25) is 9.59 Å². The highest BCUT2D eigenvalue weighted by Gasteiger charge is 2.53. The van der Waals surface area contributed by atoms with Gasteiger partial charge in [0.2, 0.25) is 5.91 Å². The highest BCUT2D eigenvalue weighted by molar-refractivity contribution is 7.99. The van der Waals surface area contributed by atoms with Crippen molar-refractivity contribution in [3.05, 3.63) is 59.7 Å². The van der Waals surface area contributed by atoms with Gasteiger partial charge >= 0.3 is 12.1 Å². The lowest BCUT2D eigenvalue weighted by molar-refractivity contribution is -0.151. The smallest absolute Gasteiger partial charge is 0.407 e. The van der Waals surface area contributed by atoms with E-state index in [0.29, 0.717) is 5.75 Å². The predicted octanol–water partition coefficient (Wildman–Crippen LogP) is 3.44. The first kappa shape index (κ1) is 24.0. The van der Waals surface area contributed by atoms with Gasteiger partial charge in [-0.15, -0.1) is 0 Å². The molecule has 2 aromatic carbocycles. The molecule has 2 aromatic rings. The second-order valence-corrected chi connectivity index (χ2v) is 9.34. The van der Waals surface area contributed by atoms with Gasteiger partial charge < -0.3 is 20.1 Å². The minimum atomic E-state index is -3.43. The van der Waals surface area contributed by atoms with Crippen LogP contribution >= 0.6 is 11.8 Å². The van der Waals surface area contributed by atoms with Crippen LogP contribution in [0.5, 0.6) is 0 Å². The predicted molar refractivity (Wildman–Crippen MR) is 123 cm³/mol. The number of alkyl halides is 2. The van der Waals surface area contributed by atoms with Gasteiger partial charge in [0.1, 0.15) is 12.5 Å².